The van der Waals surface area contributed by atoms with Gasteiger partial charge < -0.3 is 16.2 Å². The molecule has 2 atom stereocenters. The van der Waals surface area contributed by atoms with Crippen LogP contribution < -0.4 is 11.1 Å². The molecule has 0 fully saturated rings. The van der Waals surface area contributed by atoms with Gasteiger partial charge in [0.05, 0.1) is 11.1 Å². The standard InChI is InChI=1S/C19H16F6N2O3/c20-18(21,22)12-6-4-11(5-7-12)15(28)17(30)27-14(16(26)29)9-10-2-1-3-13(8-10)19(23,24)25/h1-8,14-15,28H,9H2,(H2,26,29)(H,27,30)/t14-,15+/m1/s1. The summed E-state index contributed by atoms with van der Waals surface area (Å²) in [5.74, 6) is -2.22. The fourth-order valence-corrected chi connectivity index (χ4v) is 2.59. The zero-order valence-electron chi connectivity index (χ0n) is 15.1. The van der Waals surface area contributed by atoms with Gasteiger partial charge in [0.25, 0.3) is 5.91 Å². The molecule has 0 aliphatic rings. The van der Waals surface area contributed by atoms with Gasteiger partial charge >= 0.3 is 12.4 Å². The molecule has 4 N–H and O–H groups in total. The van der Waals surface area contributed by atoms with Gasteiger partial charge in [-0.3, -0.25) is 9.59 Å². The minimum absolute atomic E-state index is 0.0537. The Hall–Kier alpha value is -3.08. The van der Waals surface area contributed by atoms with Crippen molar-refractivity contribution >= 4 is 11.8 Å². The molecule has 2 aromatic rings. The number of nitrogens with one attached hydrogen (secondary N) is 1. The first-order valence-corrected chi connectivity index (χ1v) is 8.40. The third-order valence-corrected chi connectivity index (χ3v) is 4.16. The van der Waals surface area contributed by atoms with E-state index in [9.17, 15) is 41.0 Å². The van der Waals surface area contributed by atoms with E-state index < -0.39 is 47.4 Å². The van der Waals surface area contributed by atoms with Crippen molar-refractivity contribution in [3.63, 3.8) is 0 Å². The molecule has 2 amide bonds. The maximum atomic E-state index is 12.8. The Labute approximate surface area is 166 Å². The molecule has 0 aliphatic carbocycles. The number of aliphatic hydroxyl groups is 1. The summed E-state index contributed by atoms with van der Waals surface area (Å²) >= 11 is 0. The molecule has 0 spiro atoms. The second kappa shape index (κ2) is 8.74. The Balaban J connectivity index is 2.13. The second-order valence-corrected chi connectivity index (χ2v) is 6.39. The van der Waals surface area contributed by atoms with Crippen LogP contribution in [0.5, 0.6) is 0 Å². The van der Waals surface area contributed by atoms with E-state index in [-0.39, 0.29) is 17.5 Å². The van der Waals surface area contributed by atoms with Crippen LogP contribution >= 0.6 is 0 Å². The minimum Gasteiger partial charge on any atom is -0.378 e. The minimum atomic E-state index is -4.61. The van der Waals surface area contributed by atoms with E-state index in [4.69, 9.17) is 5.73 Å². The normalized spacial score (nSPS) is 14.1. The summed E-state index contributed by atoms with van der Waals surface area (Å²) in [6, 6.07) is 5.69. The second-order valence-electron chi connectivity index (χ2n) is 6.39. The summed E-state index contributed by atoms with van der Waals surface area (Å²) in [5, 5.41) is 12.1. The first-order chi connectivity index (χ1) is 13.8. The lowest BCUT2D eigenvalue weighted by molar-refractivity contribution is -0.138. The topological polar surface area (TPSA) is 92.4 Å². The van der Waals surface area contributed by atoms with Gasteiger partial charge in [0, 0.05) is 6.42 Å². The van der Waals surface area contributed by atoms with Gasteiger partial charge in [0.15, 0.2) is 6.10 Å². The molecule has 0 saturated heterocycles. The number of primary amides is 1. The molecule has 30 heavy (non-hydrogen) atoms. The summed E-state index contributed by atoms with van der Waals surface area (Å²) in [6.45, 7) is 0. The lowest BCUT2D eigenvalue weighted by Crippen LogP contribution is -2.47. The Bertz CT molecular complexity index is 910. The number of hydrogen-bond donors (Lipinski definition) is 3. The van der Waals surface area contributed by atoms with Crippen LogP contribution in [0.15, 0.2) is 48.5 Å². The number of rotatable bonds is 6. The molecule has 0 aliphatic heterocycles. The molecule has 2 aromatic carbocycles. The van der Waals surface area contributed by atoms with Crippen LogP contribution in [0.1, 0.15) is 28.4 Å². The molecular weight excluding hydrogens is 418 g/mol. The number of aliphatic hydroxyl groups excluding tert-OH is 1. The Kier molecular flexibility index (Phi) is 6.76. The van der Waals surface area contributed by atoms with Gasteiger partial charge in [-0.05, 0) is 29.3 Å². The maximum absolute atomic E-state index is 12.8. The molecule has 0 aromatic heterocycles. The monoisotopic (exact) mass is 434 g/mol. The van der Waals surface area contributed by atoms with Crippen molar-refractivity contribution in [1.82, 2.24) is 5.32 Å². The molecule has 0 saturated carbocycles. The molecule has 11 heteroatoms. The predicted molar refractivity (Wildman–Crippen MR) is 92.7 cm³/mol. The summed E-state index contributed by atoms with van der Waals surface area (Å²) in [4.78, 5) is 23.8. The van der Waals surface area contributed by atoms with Crippen molar-refractivity contribution in [3.8, 4) is 0 Å². The van der Waals surface area contributed by atoms with Crippen LogP contribution in [0.2, 0.25) is 0 Å². The van der Waals surface area contributed by atoms with Gasteiger partial charge in [-0.25, -0.2) is 0 Å². The van der Waals surface area contributed by atoms with Crippen molar-refractivity contribution in [2.24, 2.45) is 5.73 Å². The zero-order chi connectivity index (χ0) is 22.7. The van der Waals surface area contributed by atoms with E-state index in [0.29, 0.717) is 12.1 Å². The Morgan fingerprint density at radius 1 is 0.933 bits per heavy atom. The molecule has 5 nitrogen and oxygen atoms in total. The highest BCUT2D eigenvalue weighted by molar-refractivity contribution is 5.89. The summed E-state index contributed by atoms with van der Waals surface area (Å²) in [7, 11) is 0. The number of alkyl halides is 6. The average Bonchev–Trinajstić information content (AvgIpc) is 2.65. The van der Waals surface area contributed by atoms with Gasteiger partial charge in [-0.1, -0.05) is 30.3 Å². The van der Waals surface area contributed by atoms with Gasteiger partial charge in [0.2, 0.25) is 5.91 Å². The largest absolute Gasteiger partial charge is 0.416 e. The smallest absolute Gasteiger partial charge is 0.378 e. The molecule has 0 heterocycles. The molecule has 0 radical (unpaired) electrons. The number of hydrogen-bond acceptors (Lipinski definition) is 3. The van der Waals surface area contributed by atoms with E-state index in [1.807, 2.05) is 0 Å². The van der Waals surface area contributed by atoms with Crippen molar-refractivity contribution in [3.05, 3.63) is 70.8 Å². The maximum Gasteiger partial charge on any atom is 0.416 e. The molecule has 162 valence electrons. The van der Waals surface area contributed by atoms with E-state index >= 15 is 0 Å². The summed E-state index contributed by atoms with van der Waals surface area (Å²) < 4.78 is 76.2. The van der Waals surface area contributed by atoms with Crippen LogP contribution in [0.3, 0.4) is 0 Å². The fourth-order valence-electron chi connectivity index (χ4n) is 2.59. The van der Waals surface area contributed by atoms with Crippen molar-refractivity contribution < 1.29 is 41.0 Å². The first-order valence-electron chi connectivity index (χ1n) is 8.40. The Morgan fingerprint density at radius 2 is 1.50 bits per heavy atom. The lowest BCUT2D eigenvalue weighted by Gasteiger charge is -2.19. The van der Waals surface area contributed by atoms with Crippen molar-refractivity contribution in [1.29, 1.82) is 0 Å². The zero-order valence-corrected chi connectivity index (χ0v) is 15.1. The number of nitrogens with two attached hydrogens (primary N) is 1. The van der Waals surface area contributed by atoms with Crippen molar-refractivity contribution in [2.75, 3.05) is 0 Å². The fraction of sp³-hybridized carbons (Fsp3) is 0.263. The van der Waals surface area contributed by atoms with Gasteiger partial charge in [-0.2, -0.15) is 26.3 Å². The third kappa shape index (κ3) is 5.96. The van der Waals surface area contributed by atoms with Gasteiger partial charge in [-0.15, -0.1) is 0 Å². The van der Waals surface area contributed by atoms with Crippen molar-refractivity contribution in [2.45, 2.75) is 30.9 Å². The number of carbonyl (C=O) groups is 2. The molecule has 0 bridgehead atoms. The van der Waals surface area contributed by atoms with Crippen LogP contribution in [-0.4, -0.2) is 23.0 Å². The van der Waals surface area contributed by atoms with E-state index in [1.54, 1.807) is 0 Å². The van der Waals surface area contributed by atoms with Crippen LogP contribution in [0.25, 0.3) is 0 Å². The van der Waals surface area contributed by atoms with E-state index in [1.165, 1.54) is 6.07 Å². The van der Waals surface area contributed by atoms with Crippen LogP contribution in [0, 0.1) is 0 Å². The first kappa shape index (κ1) is 23.2. The van der Waals surface area contributed by atoms with E-state index in [0.717, 1.165) is 30.3 Å². The number of benzene rings is 2. The number of carbonyl (C=O) groups excluding carboxylic acids is 2. The highest BCUT2D eigenvalue weighted by Crippen LogP contribution is 2.31. The Morgan fingerprint density at radius 3 is 2.00 bits per heavy atom. The predicted octanol–water partition coefficient (Wildman–Crippen LogP) is 2.97. The van der Waals surface area contributed by atoms with Crippen LogP contribution in [0.4, 0.5) is 26.3 Å². The third-order valence-electron chi connectivity index (χ3n) is 4.16. The number of amides is 2. The highest BCUT2D eigenvalue weighted by Gasteiger charge is 2.32. The molecular formula is C19H16F6N2O3. The van der Waals surface area contributed by atoms with Crippen LogP contribution in [-0.2, 0) is 28.4 Å². The highest BCUT2D eigenvalue weighted by atomic mass is 19.4. The molecule has 0 unspecified atom stereocenters. The SMILES string of the molecule is NC(=O)[C@@H](Cc1cccc(C(F)(F)F)c1)NC(=O)[C@@H](O)c1ccc(C(F)(F)F)cc1. The summed E-state index contributed by atoms with van der Waals surface area (Å²) in [5.41, 5.74) is 3.11. The summed E-state index contributed by atoms with van der Waals surface area (Å²) in [6.07, 6.45) is -11.5. The quantitative estimate of drug-likeness (QED) is 0.611. The van der Waals surface area contributed by atoms with Gasteiger partial charge in [0.1, 0.15) is 6.04 Å². The number of halogens is 6. The average molecular weight is 434 g/mol. The molecule has 2 rings (SSSR count). The lowest BCUT2D eigenvalue weighted by atomic mass is 10.0. The van der Waals surface area contributed by atoms with E-state index in [2.05, 4.69) is 5.32 Å².